The quantitative estimate of drug-likeness (QED) is 0.746. The highest BCUT2D eigenvalue weighted by Gasteiger charge is 2.36. The summed E-state index contributed by atoms with van der Waals surface area (Å²) in [6.45, 7) is 3.55. The topological polar surface area (TPSA) is 15.3 Å². The van der Waals surface area contributed by atoms with Crippen molar-refractivity contribution in [3.05, 3.63) is 0 Å². The van der Waals surface area contributed by atoms with Gasteiger partial charge in [0.1, 0.15) is 0 Å². The molecule has 2 aliphatic rings. The number of nitrogens with one attached hydrogen (secondary N) is 1. The highest BCUT2D eigenvalue weighted by molar-refractivity contribution is 4.95. The average Bonchev–Trinajstić information content (AvgIpc) is 2.92. The Morgan fingerprint density at radius 3 is 2.38 bits per heavy atom. The Kier molecular flexibility index (Phi) is 3.91. The lowest BCUT2D eigenvalue weighted by Gasteiger charge is -2.37. The van der Waals surface area contributed by atoms with Gasteiger partial charge in [-0.3, -0.25) is 0 Å². The smallest absolute Gasteiger partial charge is 0.0327 e. The van der Waals surface area contributed by atoms with Gasteiger partial charge in [0.25, 0.3) is 0 Å². The summed E-state index contributed by atoms with van der Waals surface area (Å²) in [7, 11) is 4.50. The molecule has 2 fully saturated rings. The summed E-state index contributed by atoms with van der Waals surface area (Å²) in [5, 5.41) is 3.78. The van der Waals surface area contributed by atoms with Gasteiger partial charge in [0, 0.05) is 18.1 Å². The molecule has 2 aliphatic carbocycles. The summed E-state index contributed by atoms with van der Waals surface area (Å²) in [4.78, 5) is 2.46. The van der Waals surface area contributed by atoms with Crippen molar-refractivity contribution in [2.75, 3.05) is 20.6 Å². The molecule has 0 spiro atoms. The molecule has 0 heterocycles. The summed E-state index contributed by atoms with van der Waals surface area (Å²) in [5.41, 5.74) is 0.456. The van der Waals surface area contributed by atoms with E-state index in [4.69, 9.17) is 0 Å². The zero-order chi connectivity index (χ0) is 11.6. The zero-order valence-corrected chi connectivity index (χ0v) is 11.3. The number of likely N-dealkylation sites (N-methyl/N-ethyl adjacent to an activating group) is 1. The molecular weight excluding hydrogens is 196 g/mol. The van der Waals surface area contributed by atoms with Crippen molar-refractivity contribution >= 4 is 0 Å². The largest absolute Gasteiger partial charge is 0.312 e. The molecule has 16 heavy (non-hydrogen) atoms. The minimum absolute atomic E-state index is 0.456. The van der Waals surface area contributed by atoms with Crippen LogP contribution in [0.4, 0.5) is 0 Å². The molecule has 1 atom stereocenters. The van der Waals surface area contributed by atoms with Gasteiger partial charge in [-0.25, -0.2) is 0 Å². The molecule has 0 aromatic heterocycles. The average molecular weight is 224 g/mol. The maximum atomic E-state index is 3.78. The first kappa shape index (κ1) is 12.4. The van der Waals surface area contributed by atoms with E-state index in [1.54, 1.807) is 0 Å². The Morgan fingerprint density at radius 1 is 1.25 bits per heavy atom. The molecule has 2 saturated carbocycles. The van der Waals surface area contributed by atoms with Crippen molar-refractivity contribution in [1.29, 1.82) is 0 Å². The van der Waals surface area contributed by atoms with Crippen molar-refractivity contribution in [1.82, 2.24) is 10.2 Å². The van der Waals surface area contributed by atoms with Gasteiger partial charge >= 0.3 is 0 Å². The van der Waals surface area contributed by atoms with Crippen LogP contribution in [0.3, 0.4) is 0 Å². The van der Waals surface area contributed by atoms with Crippen LogP contribution in [0, 0.1) is 5.92 Å². The van der Waals surface area contributed by atoms with Gasteiger partial charge in [-0.1, -0.05) is 25.7 Å². The van der Waals surface area contributed by atoms with Crippen LogP contribution < -0.4 is 5.32 Å². The summed E-state index contributed by atoms with van der Waals surface area (Å²) in [6, 6.07) is 0.713. The summed E-state index contributed by atoms with van der Waals surface area (Å²) in [5.74, 6) is 1.04. The fourth-order valence-electron chi connectivity index (χ4n) is 3.12. The van der Waals surface area contributed by atoms with Crippen LogP contribution in [0.15, 0.2) is 0 Å². The van der Waals surface area contributed by atoms with E-state index in [9.17, 15) is 0 Å². The van der Waals surface area contributed by atoms with Gasteiger partial charge in [0.15, 0.2) is 0 Å². The number of nitrogens with zero attached hydrogens (tertiary/aromatic N) is 1. The first-order valence-electron chi connectivity index (χ1n) is 7.03. The Hall–Kier alpha value is -0.0800. The fourth-order valence-corrected chi connectivity index (χ4v) is 3.12. The van der Waals surface area contributed by atoms with Crippen LogP contribution in [0.2, 0.25) is 0 Å². The third kappa shape index (κ3) is 2.98. The zero-order valence-electron chi connectivity index (χ0n) is 11.3. The van der Waals surface area contributed by atoms with E-state index in [0.717, 1.165) is 5.92 Å². The van der Waals surface area contributed by atoms with E-state index in [1.165, 1.54) is 51.5 Å². The standard InChI is InChI=1S/C14H28N2/c1-12(10-13-6-7-13)15-11-14(16(2)3)8-4-5-9-14/h12-13,15H,4-11H2,1-3H3. The van der Waals surface area contributed by atoms with Gasteiger partial charge in [-0.2, -0.15) is 0 Å². The minimum Gasteiger partial charge on any atom is -0.312 e. The van der Waals surface area contributed by atoms with Crippen molar-refractivity contribution in [3.8, 4) is 0 Å². The molecule has 2 rings (SSSR count). The van der Waals surface area contributed by atoms with E-state index < -0.39 is 0 Å². The minimum atomic E-state index is 0.456. The summed E-state index contributed by atoms with van der Waals surface area (Å²) in [6.07, 6.45) is 9.93. The predicted octanol–water partition coefficient (Wildman–Crippen LogP) is 2.64. The molecule has 0 saturated heterocycles. The fraction of sp³-hybridized carbons (Fsp3) is 1.00. The Bertz CT molecular complexity index is 215. The highest BCUT2D eigenvalue weighted by Crippen LogP contribution is 2.35. The van der Waals surface area contributed by atoms with Crippen LogP contribution in [-0.2, 0) is 0 Å². The van der Waals surface area contributed by atoms with Crippen molar-refractivity contribution in [2.24, 2.45) is 5.92 Å². The van der Waals surface area contributed by atoms with Gasteiger partial charge in [0.05, 0.1) is 0 Å². The number of hydrogen-bond donors (Lipinski definition) is 1. The van der Waals surface area contributed by atoms with E-state index in [0.29, 0.717) is 11.6 Å². The molecule has 94 valence electrons. The molecular formula is C14H28N2. The van der Waals surface area contributed by atoms with Crippen LogP contribution in [0.25, 0.3) is 0 Å². The second-order valence-corrected chi connectivity index (χ2v) is 6.29. The molecule has 0 radical (unpaired) electrons. The van der Waals surface area contributed by atoms with Crippen molar-refractivity contribution < 1.29 is 0 Å². The lowest BCUT2D eigenvalue weighted by Crippen LogP contribution is -2.51. The number of rotatable bonds is 6. The van der Waals surface area contributed by atoms with Crippen LogP contribution in [-0.4, -0.2) is 37.1 Å². The van der Waals surface area contributed by atoms with Gasteiger partial charge in [-0.05, 0) is 46.2 Å². The van der Waals surface area contributed by atoms with Crippen LogP contribution in [0.1, 0.15) is 51.9 Å². The molecule has 1 unspecified atom stereocenters. The molecule has 1 N–H and O–H groups in total. The monoisotopic (exact) mass is 224 g/mol. The molecule has 0 amide bonds. The van der Waals surface area contributed by atoms with Crippen LogP contribution in [0.5, 0.6) is 0 Å². The van der Waals surface area contributed by atoms with E-state index >= 15 is 0 Å². The summed E-state index contributed by atoms with van der Waals surface area (Å²) < 4.78 is 0. The molecule has 0 aromatic rings. The molecule has 0 aliphatic heterocycles. The maximum absolute atomic E-state index is 3.78. The SMILES string of the molecule is CC(CC1CC1)NCC1(N(C)C)CCCC1. The van der Waals surface area contributed by atoms with Gasteiger partial charge in [0.2, 0.25) is 0 Å². The lowest BCUT2D eigenvalue weighted by atomic mass is 9.95. The van der Waals surface area contributed by atoms with Crippen molar-refractivity contribution in [2.45, 2.75) is 63.5 Å². The maximum Gasteiger partial charge on any atom is 0.0327 e. The Balaban J connectivity index is 1.76. The third-order valence-corrected chi connectivity index (χ3v) is 4.65. The van der Waals surface area contributed by atoms with E-state index in [2.05, 4.69) is 31.2 Å². The predicted molar refractivity (Wildman–Crippen MR) is 69.7 cm³/mol. The Morgan fingerprint density at radius 2 is 1.88 bits per heavy atom. The second kappa shape index (κ2) is 5.05. The first-order valence-corrected chi connectivity index (χ1v) is 7.03. The Labute approximate surface area is 101 Å². The van der Waals surface area contributed by atoms with Crippen LogP contribution >= 0.6 is 0 Å². The van der Waals surface area contributed by atoms with E-state index in [-0.39, 0.29) is 0 Å². The van der Waals surface area contributed by atoms with Gasteiger partial charge in [-0.15, -0.1) is 0 Å². The first-order chi connectivity index (χ1) is 7.62. The molecule has 0 bridgehead atoms. The lowest BCUT2D eigenvalue weighted by molar-refractivity contribution is 0.149. The second-order valence-electron chi connectivity index (χ2n) is 6.29. The molecule has 2 heteroatoms. The number of hydrogen-bond acceptors (Lipinski definition) is 2. The van der Waals surface area contributed by atoms with Crippen molar-refractivity contribution in [3.63, 3.8) is 0 Å². The molecule has 2 nitrogen and oxygen atoms in total. The van der Waals surface area contributed by atoms with Gasteiger partial charge < -0.3 is 10.2 Å². The normalized spacial score (nSPS) is 26.2. The molecule has 0 aromatic carbocycles. The summed E-state index contributed by atoms with van der Waals surface area (Å²) >= 11 is 0. The highest BCUT2D eigenvalue weighted by atomic mass is 15.2. The van der Waals surface area contributed by atoms with E-state index in [1.807, 2.05) is 0 Å². The third-order valence-electron chi connectivity index (χ3n) is 4.65.